The van der Waals surface area contributed by atoms with E-state index in [1.54, 1.807) is 20.8 Å². The normalized spacial score (nSPS) is 12.0. The Morgan fingerprint density at radius 3 is 2.38 bits per heavy atom. The van der Waals surface area contributed by atoms with Gasteiger partial charge in [-0.25, -0.2) is 9.18 Å². The fourth-order valence-corrected chi connectivity index (χ4v) is 1.87. The summed E-state index contributed by atoms with van der Waals surface area (Å²) in [6.07, 6.45) is -1.18. The molecule has 1 amide bonds. The van der Waals surface area contributed by atoms with Crippen molar-refractivity contribution in [2.24, 2.45) is 5.14 Å². The van der Waals surface area contributed by atoms with E-state index in [4.69, 9.17) is 5.73 Å². The number of nitrogen functional groups attached to an aromatic ring is 1. The Labute approximate surface area is 122 Å². The fourth-order valence-electron chi connectivity index (χ4n) is 1.58. The van der Waals surface area contributed by atoms with E-state index in [1.807, 2.05) is 0 Å². The number of carbonyl (C=O) groups excluding carboxylic acids is 1. The van der Waals surface area contributed by atoms with E-state index in [-0.39, 0.29) is 17.8 Å². The predicted molar refractivity (Wildman–Crippen MR) is 75.7 cm³/mol. The van der Waals surface area contributed by atoms with Crippen molar-refractivity contribution in [2.45, 2.75) is 32.9 Å². The topological polar surface area (TPSA) is 116 Å². The molecule has 0 aliphatic heterocycles. The van der Waals surface area contributed by atoms with Gasteiger partial charge in [0, 0.05) is 16.8 Å². The molecule has 1 rings (SSSR count). The first-order valence-electron chi connectivity index (χ1n) is 5.98. The quantitative estimate of drug-likeness (QED) is 0.816. The van der Waals surface area contributed by atoms with Crippen molar-refractivity contribution in [1.82, 2.24) is 4.90 Å². The van der Waals surface area contributed by atoms with Crippen molar-refractivity contribution >= 4 is 22.1 Å². The van der Waals surface area contributed by atoms with Crippen LogP contribution in [0.5, 0.6) is 0 Å². The molecule has 7 nitrogen and oxygen atoms in total. The Hall–Kier alpha value is -1.87. The number of amides is 1. The first-order valence-corrected chi connectivity index (χ1v) is 7.45. The van der Waals surface area contributed by atoms with Crippen LogP contribution in [0.4, 0.5) is 14.9 Å². The highest BCUT2D eigenvalue weighted by Gasteiger charge is 2.31. The summed E-state index contributed by atoms with van der Waals surface area (Å²) in [5.74, 6) is -0.604. The van der Waals surface area contributed by atoms with Gasteiger partial charge in [0.05, 0.1) is 6.54 Å². The summed E-state index contributed by atoms with van der Waals surface area (Å²) in [5.41, 5.74) is 5.05. The highest BCUT2D eigenvalue weighted by Crippen LogP contribution is 2.21. The van der Waals surface area contributed by atoms with Crippen LogP contribution in [0, 0.1) is 5.82 Å². The third-order valence-electron chi connectivity index (χ3n) is 2.62. The van der Waals surface area contributed by atoms with Crippen LogP contribution < -0.4 is 10.9 Å². The van der Waals surface area contributed by atoms with Crippen LogP contribution in [-0.4, -0.2) is 24.9 Å². The van der Waals surface area contributed by atoms with E-state index in [9.17, 15) is 17.6 Å². The van der Waals surface area contributed by atoms with Gasteiger partial charge in [0.15, 0.2) is 0 Å². The summed E-state index contributed by atoms with van der Waals surface area (Å²) in [6, 6.07) is 4.00. The zero-order chi connectivity index (χ0) is 16.4. The molecule has 0 saturated heterocycles. The van der Waals surface area contributed by atoms with Crippen molar-refractivity contribution in [3.63, 3.8) is 0 Å². The molecule has 0 spiro atoms. The molecule has 0 fully saturated rings. The van der Waals surface area contributed by atoms with Crippen LogP contribution in [-0.2, 0) is 21.0 Å². The van der Waals surface area contributed by atoms with Crippen molar-refractivity contribution in [1.29, 1.82) is 0 Å². The molecule has 0 bridgehead atoms. The van der Waals surface area contributed by atoms with E-state index >= 15 is 0 Å². The fraction of sp³-hybridized carbons (Fsp3) is 0.417. The number of hydrogen-bond donors (Lipinski definition) is 2. The molecule has 0 aliphatic carbocycles. The molecule has 9 heteroatoms. The molecule has 4 N–H and O–H groups in total. The third-order valence-corrected chi connectivity index (χ3v) is 3.00. The van der Waals surface area contributed by atoms with Gasteiger partial charge >= 0.3 is 16.4 Å². The lowest BCUT2D eigenvalue weighted by molar-refractivity contribution is 0.103. The molecule has 21 heavy (non-hydrogen) atoms. The maximum Gasteiger partial charge on any atom is 0.427 e. The summed E-state index contributed by atoms with van der Waals surface area (Å²) in [5, 5.41) is 4.67. The van der Waals surface area contributed by atoms with Crippen LogP contribution in [0.2, 0.25) is 0 Å². The van der Waals surface area contributed by atoms with Crippen LogP contribution in [0.25, 0.3) is 0 Å². The van der Waals surface area contributed by atoms with E-state index < -0.39 is 27.8 Å². The average Bonchev–Trinajstić information content (AvgIpc) is 2.23. The molecule has 1 aromatic rings. The van der Waals surface area contributed by atoms with Gasteiger partial charge in [-0.05, 0) is 32.9 Å². The lowest BCUT2D eigenvalue weighted by Gasteiger charge is -2.34. The van der Waals surface area contributed by atoms with E-state index in [1.165, 1.54) is 12.1 Å². The highest BCUT2D eigenvalue weighted by molar-refractivity contribution is 7.84. The minimum atomic E-state index is -4.44. The predicted octanol–water partition coefficient (Wildman–Crippen LogP) is 1.35. The van der Waals surface area contributed by atoms with Crippen molar-refractivity contribution < 1.29 is 21.8 Å². The maximum absolute atomic E-state index is 13.8. The number of hydrogen-bond acceptors (Lipinski definition) is 5. The Morgan fingerprint density at radius 2 is 1.95 bits per heavy atom. The molecule has 1 aromatic carbocycles. The SMILES string of the molecule is CC(C)(C)N(Cc1ccc(N)cc1F)C(=O)OS(N)(=O)=O. The van der Waals surface area contributed by atoms with E-state index in [2.05, 4.69) is 9.32 Å². The van der Waals surface area contributed by atoms with E-state index in [0.29, 0.717) is 0 Å². The molecular weight excluding hydrogens is 301 g/mol. The molecule has 0 aromatic heterocycles. The van der Waals surface area contributed by atoms with Crippen LogP contribution in [0.15, 0.2) is 18.2 Å². The summed E-state index contributed by atoms with van der Waals surface area (Å²) >= 11 is 0. The summed E-state index contributed by atoms with van der Waals surface area (Å²) < 4.78 is 39.7. The van der Waals surface area contributed by atoms with Gasteiger partial charge in [0.1, 0.15) is 5.82 Å². The Kier molecular flexibility index (Phi) is 4.79. The highest BCUT2D eigenvalue weighted by atomic mass is 32.2. The zero-order valence-corrected chi connectivity index (χ0v) is 12.8. The van der Waals surface area contributed by atoms with Crippen molar-refractivity contribution in [3.8, 4) is 0 Å². The smallest absolute Gasteiger partial charge is 0.399 e. The summed E-state index contributed by atoms with van der Waals surface area (Å²) in [6.45, 7) is 4.75. The number of benzene rings is 1. The monoisotopic (exact) mass is 319 g/mol. The first kappa shape index (κ1) is 17.2. The van der Waals surface area contributed by atoms with E-state index in [0.717, 1.165) is 11.0 Å². The molecule has 0 saturated carbocycles. The Bertz CT molecular complexity index is 640. The maximum atomic E-state index is 13.8. The van der Waals surface area contributed by atoms with Gasteiger partial charge in [0.2, 0.25) is 0 Å². The zero-order valence-electron chi connectivity index (χ0n) is 12.0. The second-order valence-corrected chi connectivity index (χ2v) is 6.60. The van der Waals surface area contributed by atoms with Crippen molar-refractivity contribution in [3.05, 3.63) is 29.6 Å². The standard InChI is InChI=1S/C12H18FN3O4S/c1-12(2,3)16(11(17)20-21(15,18)19)7-8-4-5-9(14)6-10(8)13/h4-6H,7,14H2,1-3H3,(H2,15,18,19). The van der Waals surface area contributed by atoms with Crippen molar-refractivity contribution in [2.75, 3.05) is 5.73 Å². The average molecular weight is 319 g/mol. The second kappa shape index (κ2) is 5.86. The minimum absolute atomic E-state index is 0.172. The summed E-state index contributed by atoms with van der Waals surface area (Å²) in [7, 11) is -4.44. The Balaban J connectivity index is 3.07. The molecular formula is C12H18FN3O4S. The molecule has 0 atom stereocenters. The number of nitrogens with zero attached hydrogens (tertiary/aromatic N) is 1. The molecule has 0 heterocycles. The van der Waals surface area contributed by atoms with Gasteiger partial charge in [0.25, 0.3) is 0 Å². The van der Waals surface area contributed by atoms with Crippen LogP contribution in [0.1, 0.15) is 26.3 Å². The number of nitrogens with two attached hydrogens (primary N) is 2. The van der Waals surface area contributed by atoms with Gasteiger partial charge in [-0.15, -0.1) is 0 Å². The molecule has 0 radical (unpaired) electrons. The number of rotatable bonds is 3. The lowest BCUT2D eigenvalue weighted by atomic mass is 10.0. The summed E-state index contributed by atoms with van der Waals surface area (Å²) in [4.78, 5) is 12.9. The third kappa shape index (κ3) is 5.20. The van der Waals surface area contributed by atoms with Crippen LogP contribution >= 0.6 is 0 Å². The Morgan fingerprint density at radius 1 is 1.38 bits per heavy atom. The molecule has 0 unspecified atom stereocenters. The minimum Gasteiger partial charge on any atom is -0.399 e. The first-order chi connectivity index (χ1) is 9.40. The lowest BCUT2D eigenvalue weighted by Crippen LogP contribution is -2.46. The number of carbonyl (C=O) groups is 1. The number of halogens is 1. The van der Waals surface area contributed by atoms with Gasteiger partial charge < -0.3 is 9.92 Å². The van der Waals surface area contributed by atoms with Gasteiger partial charge in [-0.1, -0.05) is 6.07 Å². The largest absolute Gasteiger partial charge is 0.427 e. The van der Waals surface area contributed by atoms with Gasteiger partial charge in [-0.3, -0.25) is 4.90 Å². The number of anilines is 1. The second-order valence-electron chi connectivity index (χ2n) is 5.45. The van der Waals surface area contributed by atoms with Crippen LogP contribution in [0.3, 0.4) is 0 Å². The molecule has 0 aliphatic rings. The van der Waals surface area contributed by atoms with Gasteiger partial charge in [-0.2, -0.15) is 13.6 Å². The molecule has 118 valence electrons.